The van der Waals surface area contributed by atoms with E-state index in [0.29, 0.717) is 18.5 Å². The molecule has 2 aliphatic rings. The molecule has 1 aliphatic heterocycles. The van der Waals surface area contributed by atoms with E-state index in [1.807, 2.05) is 25.1 Å². The highest BCUT2D eigenvalue weighted by molar-refractivity contribution is 6.08. The van der Waals surface area contributed by atoms with Gasteiger partial charge in [0.25, 0.3) is 5.91 Å². The number of benzene rings is 1. The molecule has 6 heteroatoms. The van der Waals surface area contributed by atoms with Crippen LogP contribution < -0.4 is 5.32 Å². The van der Waals surface area contributed by atoms with Crippen LogP contribution in [0, 0.1) is 6.92 Å². The van der Waals surface area contributed by atoms with Crippen molar-refractivity contribution in [3.8, 4) is 0 Å². The van der Waals surface area contributed by atoms with E-state index in [-0.39, 0.29) is 11.9 Å². The summed E-state index contributed by atoms with van der Waals surface area (Å²) in [6, 6.07) is 5.51. The molecule has 6 nitrogen and oxygen atoms in total. The first-order chi connectivity index (χ1) is 10.9. The smallest absolute Gasteiger partial charge is 0.312 e. The number of pyridine rings is 1. The summed E-state index contributed by atoms with van der Waals surface area (Å²) in [5.41, 5.74) is 3.21. The van der Waals surface area contributed by atoms with Crippen molar-refractivity contribution in [2.45, 2.75) is 25.3 Å². The number of amides is 3. The van der Waals surface area contributed by atoms with Crippen molar-refractivity contribution in [3.05, 3.63) is 40.6 Å². The van der Waals surface area contributed by atoms with Gasteiger partial charge < -0.3 is 4.90 Å². The third-order valence-electron chi connectivity index (χ3n) is 5.03. The molecular weight excluding hydrogens is 294 g/mol. The molecule has 1 spiro atoms. The van der Waals surface area contributed by atoms with Gasteiger partial charge in [0, 0.05) is 25.3 Å². The zero-order valence-corrected chi connectivity index (χ0v) is 12.8. The number of carbonyl (C=O) groups excluding carboxylic acids is 3. The lowest BCUT2D eigenvalue weighted by Gasteiger charge is -2.27. The van der Waals surface area contributed by atoms with Crippen LogP contribution in [0.1, 0.15) is 27.2 Å². The number of rotatable bonds is 1. The number of urea groups is 1. The van der Waals surface area contributed by atoms with Crippen molar-refractivity contribution in [2.24, 2.45) is 0 Å². The number of aldehydes is 1. The molecule has 116 valence electrons. The maximum atomic E-state index is 12.3. The van der Waals surface area contributed by atoms with Crippen LogP contribution >= 0.6 is 0 Å². The van der Waals surface area contributed by atoms with Gasteiger partial charge in [-0.05, 0) is 41.8 Å². The molecule has 0 unspecified atom stereocenters. The van der Waals surface area contributed by atoms with Crippen molar-refractivity contribution in [3.63, 3.8) is 0 Å². The average Bonchev–Trinajstić information content (AvgIpc) is 2.98. The Morgan fingerprint density at radius 2 is 1.91 bits per heavy atom. The summed E-state index contributed by atoms with van der Waals surface area (Å²) >= 11 is 0. The lowest BCUT2D eigenvalue weighted by molar-refractivity contribution is -0.125. The molecule has 1 aliphatic carbocycles. The fourth-order valence-electron chi connectivity index (χ4n) is 3.62. The molecule has 23 heavy (non-hydrogen) atoms. The van der Waals surface area contributed by atoms with Crippen LogP contribution in [0.3, 0.4) is 0 Å². The second kappa shape index (κ2) is 4.38. The molecule has 0 bridgehead atoms. The van der Waals surface area contributed by atoms with Crippen LogP contribution in [0.5, 0.6) is 0 Å². The minimum absolute atomic E-state index is 0.247. The van der Waals surface area contributed by atoms with Gasteiger partial charge in [-0.1, -0.05) is 0 Å². The number of nitrogens with one attached hydrogen (secondary N) is 1. The third-order valence-corrected chi connectivity index (χ3v) is 5.03. The lowest BCUT2D eigenvalue weighted by atomic mass is 9.95. The summed E-state index contributed by atoms with van der Waals surface area (Å²) in [4.78, 5) is 41.1. The number of likely N-dealkylation sites (N-methyl/N-ethyl adjacent to an activating group) is 1. The van der Waals surface area contributed by atoms with E-state index in [9.17, 15) is 14.4 Å². The van der Waals surface area contributed by atoms with Crippen molar-refractivity contribution in [2.75, 3.05) is 7.05 Å². The van der Waals surface area contributed by atoms with Gasteiger partial charge >= 0.3 is 6.03 Å². The Kier molecular flexibility index (Phi) is 2.64. The highest BCUT2D eigenvalue weighted by Crippen LogP contribution is 2.38. The van der Waals surface area contributed by atoms with E-state index in [1.165, 1.54) is 4.90 Å². The van der Waals surface area contributed by atoms with Crippen LogP contribution in [0.15, 0.2) is 18.2 Å². The topological polar surface area (TPSA) is 79.4 Å². The van der Waals surface area contributed by atoms with Crippen molar-refractivity contribution in [1.29, 1.82) is 0 Å². The second-order valence-electron chi connectivity index (χ2n) is 6.33. The minimum atomic E-state index is -0.834. The van der Waals surface area contributed by atoms with Gasteiger partial charge in [0.05, 0.1) is 5.52 Å². The van der Waals surface area contributed by atoms with Crippen molar-refractivity contribution < 1.29 is 14.4 Å². The Hall–Kier alpha value is -2.76. The van der Waals surface area contributed by atoms with E-state index < -0.39 is 5.54 Å². The molecule has 1 atom stereocenters. The number of hydrogen-bond donors (Lipinski definition) is 1. The van der Waals surface area contributed by atoms with Crippen molar-refractivity contribution in [1.82, 2.24) is 15.2 Å². The normalized spacial score (nSPS) is 22.8. The summed E-state index contributed by atoms with van der Waals surface area (Å²) in [6.07, 6.45) is 1.72. The number of hydrogen-bond acceptors (Lipinski definition) is 4. The van der Waals surface area contributed by atoms with Crippen LogP contribution in [0.4, 0.5) is 4.79 Å². The van der Waals surface area contributed by atoms with Crippen LogP contribution in [0.25, 0.3) is 10.9 Å². The van der Waals surface area contributed by atoms with Gasteiger partial charge in [-0.25, -0.2) is 9.78 Å². The summed E-state index contributed by atoms with van der Waals surface area (Å²) in [6.45, 7) is 1.85. The summed E-state index contributed by atoms with van der Waals surface area (Å²) < 4.78 is 0. The largest absolute Gasteiger partial charge is 0.324 e. The van der Waals surface area contributed by atoms with Gasteiger partial charge in [0.1, 0.15) is 11.2 Å². The number of aromatic nitrogens is 1. The monoisotopic (exact) mass is 309 g/mol. The fraction of sp³-hybridized carbons (Fsp3) is 0.294. The molecule has 0 saturated carbocycles. The SMILES string of the molecule is Cc1cc2cc3c(cc2nc1C=O)C[C@]1(C3)C(=O)NC(=O)N1C. The quantitative estimate of drug-likeness (QED) is 0.637. The molecule has 4 rings (SSSR count). The zero-order valence-electron chi connectivity index (χ0n) is 12.8. The summed E-state index contributed by atoms with van der Waals surface area (Å²) in [5, 5.41) is 3.33. The van der Waals surface area contributed by atoms with Gasteiger partial charge in [-0.3, -0.25) is 14.9 Å². The second-order valence-corrected chi connectivity index (χ2v) is 6.33. The Balaban J connectivity index is 1.86. The van der Waals surface area contributed by atoms with Gasteiger partial charge in [-0.15, -0.1) is 0 Å². The number of nitrogens with zero attached hydrogens (tertiary/aromatic N) is 2. The first-order valence-electron chi connectivity index (χ1n) is 7.42. The third kappa shape index (κ3) is 1.75. The predicted octanol–water partition coefficient (Wildman–Crippen LogP) is 1.37. The fourth-order valence-corrected chi connectivity index (χ4v) is 3.62. The van der Waals surface area contributed by atoms with E-state index in [4.69, 9.17) is 0 Å². The molecule has 1 aromatic heterocycles. The van der Waals surface area contributed by atoms with Gasteiger partial charge in [0.2, 0.25) is 0 Å². The molecule has 2 heterocycles. The van der Waals surface area contributed by atoms with E-state index in [0.717, 1.165) is 33.9 Å². The summed E-state index contributed by atoms with van der Waals surface area (Å²) in [7, 11) is 1.65. The highest BCUT2D eigenvalue weighted by Gasteiger charge is 2.54. The molecule has 1 fully saturated rings. The number of imide groups is 1. The minimum Gasteiger partial charge on any atom is -0.312 e. The van der Waals surface area contributed by atoms with E-state index in [1.54, 1.807) is 7.05 Å². The molecule has 0 radical (unpaired) electrons. The highest BCUT2D eigenvalue weighted by atomic mass is 16.2. The van der Waals surface area contributed by atoms with Crippen LogP contribution in [0.2, 0.25) is 0 Å². The zero-order chi connectivity index (χ0) is 16.4. The van der Waals surface area contributed by atoms with Crippen LogP contribution in [-0.4, -0.2) is 40.7 Å². The number of fused-ring (bicyclic) bond motifs is 2. The lowest BCUT2D eigenvalue weighted by Crippen LogP contribution is -2.48. The average molecular weight is 309 g/mol. The maximum absolute atomic E-state index is 12.3. The molecular formula is C17H15N3O3. The number of aryl methyl sites for hydroxylation is 1. The molecule has 3 amide bonds. The van der Waals surface area contributed by atoms with Crippen molar-refractivity contribution >= 4 is 29.1 Å². The predicted molar refractivity (Wildman–Crippen MR) is 83.3 cm³/mol. The molecule has 2 aromatic rings. The first-order valence-corrected chi connectivity index (χ1v) is 7.42. The number of carbonyl (C=O) groups is 3. The Morgan fingerprint density at radius 1 is 1.22 bits per heavy atom. The molecule has 1 N–H and O–H groups in total. The standard InChI is InChI=1S/C17H15N3O3/c1-9-3-10-4-11-6-17(15(22)19-16(23)20(17)2)7-12(11)5-13(10)18-14(9)8-21/h3-5,8H,6-7H2,1-2H3,(H,19,22,23)/t17-/m1/s1. The van der Waals surface area contributed by atoms with E-state index >= 15 is 0 Å². The maximum Gasteiger partial charge on any atom is 0.324 e. The molecule has 1 saturated heterocycles. The molecule has 1 aromatic carbocycles. The Bertz CT molecular complexity index is 906. The van der Waals surface area contributed by atoms with Gasteiger partial charge in [0.15, 0.2) is 6.29 Å². The first kappa shape index (κ1) is 13.9. The summed E-state index contributed by atoms with van der Waals surface area (Å²) in [5.74, 6) is -0.247. The Labute approximate surface area is 132 Å². The van der Waals surface area contributed by atoms with E-state index in [2.05, 4.69) is 10.3 Å². The van der Waals surface area contributed by atoms with Crippen LogP contribution in [-0.2, 0) is 17.6 Å². The van der Waals surface area contributed by atoms with Gasteiger partial charge in [-0.2, -0.15) is 0 Å². The Morgan fingerprint density at radius 3 is 2.52 bits per heavy atom.